The summed E-state index contributed by atoms with van der Waals surface area (Å²) in [7, 11) is 0. The fourth-order valence-electron chi connectivity index (χ4n) is 2.90. The second-order valence-electron chi connectivity index (χ2n) is 5.25. The molecule has 1 heterocycles. The quantitative estimate of drug-likeness (QED) is 0.858. The van der Waals surface area contributed by atoms with Gasteiger partial charge in [-0.1, -0.05) is 39.0 Å². The highest BCUT2D eigenvalue weighted by atomic mass is 19.1. The van der Waals surface area contributed by atoms with Crippen molar-refractivity contribution in [2.45, 2.75) is 51.5 Å². The van der Waals surface area contributed by atoms with Gasteiger partial charge in [-0.25, -0.2) is 4.39 Å². The van der Waals surface area contributed by atoms with Gasteiger partial charge in [0.05, 0.1) is 11.9 Å². The Balaban J connectivity index is 2.00. The number of rotatable bonds is 5. The Labute approximate surface area is 109 Å². The van der Waals surface area contributed by atoms with Crippen LogP contribution in [0.2, 0.25) is 0 Å². The van der Waals surface area contributed by atoms with Crippen LogP contribution >= 0.6 is 0 Å². The first-order chi connectivity index (χ1) is 8.79. The zero-order valence-corrected chi connectivity index (χ0v) is 11.2. The minimum Gasteiger partial charge on any atom is -0.309 e. The molecule has 1 unspecified atom stereocenters. The van der Waals surface area contributed by atoms with E-state index in [1.807, 2.05) is 6.07 Å². The van der Waals surface area contributed by atoms with Gasteiger partial charge >= 0.3 is 0 Å². The van der Waals surface area contributed by atoms with E-state index >= 15 is 0 Å². The number of hydrogen-bond donors (Lipinski definition) is 1. The highest BCUT2D eigenvalue weighted by Gasteiger charge is 2.20. The Kier molecular flexibility index (Phi) is 5.12. The van der Waals surface area contributed by atoms with Crippen LogP contribution in [0, 0.1) is 11.7 Å². The summed E-state index contributed by atoms with van der Waals surface area (Å²) in [6, 6.07) is 3.60. The van der Waals surface area contributed by atoms with E-state index in [0.29, 0.717) is 0 Å². The molecule has 0 saturated heterocycles. The molecule has 0 aromatic carbocycles. The summed E-state index contributed by atoms with van der Waals surface area (Å²) in [6.45, 7) is 3.04. The number of aromatic nitrogens is 1. The average molecular weight is 250 g/mol. The van der Waals surface area contributed by atoms with E-state index in [1.54, 1.807) is 0 Å². The molecule has 0 amide bonds. The molecule has 1 fully saturated rings. The van der Waals surface area contributed by atoms with Crippen molar-refractivity contribution in [2.24, 2.45) is 5.92 Å². The van der Waals surface area contributed by atoms with E-state index in [1.165, 1.54) is 44.4 Å². The van der Waals surface area contributed by atoms with Gasteiger partial charge in [-0.2, -0.15) is 0 Å². The van der Waals surface area contributed by atoms with E-state index in [9.17, 15) is 4.39 Å². The van der Waals surface area contributed by atoms with Gasteiger partial charge in [-0.15, -0.1) is 0 Å². The van der Waals surface area contributed by atoms with Crippen molar-refractivity contribution in [3.8, 4) is 0 Å². The second-order valence-corrected chi connectivity index (χ2v) is 5.25. The third-order valence-electron chi connectivity index (χ3n) is 3.85. The minimum atomic E-state index is -0.258. The molecule has 1 N–H and O–H groups in total. The molecule has 2 rings (SSSR count). The third kappa shape index (κ3) is 3.77. The Bertz CT molecular complexity index is 344. The Morgan fingerprint density at radius 2 is 2.11 bits per heavy atom. The topological polar surface area (TPSA) is 24.9 Å². The van der Waals surface area contributed by atoms with Gasteiger partial charge in [0.2, 0.25) is 0 Å². The van der Waals surface area contributed by atoms with E-state index in [0.717, 1.165) is 24.6 Å². The first-order valence-electron chi connectivity index (χ1n) is 7.14. The van der Waals surface area contributed by atoms with Gasteiger partial charge in [-0.05, 0) is 31.0 Å². The summed E-state index contributed by atoms with van der Waals surface area (Å²) < 4.78 is 12.9. The summed E-state index contributed by atoms with van der Waals surface area (Å²) in [6.07, 6.45) is 9.23. The van der Waals surface area contributed by atoms with Crippen molar-refractivity contribution in [3.05, 3.63) is 29.8 Å². The fraction of sp³-hybridized carbons (Fsp3) is 0.667. The van der Waals surface area contributed by atoms with Crippen LogP contribution in [0.15, 0.2) is 18.3 Å². The van der Waals surface area contributed by atoms with Gasteiger partial charge in [0, 0.05) is 6.04 Å². The van der Waals surface area contributed by atoms with Crippen LogP contribution in [0.25, 0.3) is 0 Å². The van der Waals surface area contributed by atoms with Gasteiger partial charge in [0.15, 0.2) is 0 Å². The molecular formula is C15H23FN2. The van der Waals surface area contributed by atoms with Crippen LogP contribution in [0.4, 0.5) is 4.39 Å². The lowest BCUT2D eigenvalue weighted by atomic mass is 9.84. The SMILES string of the molecule is CCNC(CC1CCCCC1)c1ccc(F)cn1. The molecule has 0 aliphatic heterocycles. The molecule has 18 heavy (non-hydrogen) atoms. The molecular weight excluding hydrogens is 227 g/mol. The van der Waals surface area contributed by atoms with Gasteiger partial charge in [0.1, 0.15) is 5.82 Å². The van der Waals surface area contributed by atoms with Crippen molar-refractivity contribution in [1.82, 2.24) is 10.3 Å². The molecule has 1 aromatic rings. The summed E-state index contributed by atoms with van der Waals surface area (Å²) in [4.78, 5) is 4.23. The zero-order valence-electron chi connectivity index (χ0n) is 11.2. The van der Waals surface area contributed by atoms with E-state index < -0.39 is 0 Å². The maximum absolute atomic E-state index is 12.9. The van der Waals surface area contributed by atoms with Crippen molar-refractivity contribution >= 4 is 0 Å². The first kappa shape index (κ1) is 13.5. The lowest BCUT2D eigenvalue weighted by molar-refractivity contribution is 0.299. The largest absolute Gasteiger partial charge is 0.309 e. The molecule has 0 bridgehead atoms. The van der Waals surface area contributed by atoms with E-state index in [4.69, 9.17) is 0 Å². The molecule has 3 heteroatoms. The second kappa shape index (κ2) is 6.83. The van der Waals surface area contributed by atoms with Crippen molar-refractivity contribution < 1.29 is 4.39 Å². The van der Waals surface area contributed by atoms with Crippen LogP contribution in [0.1, 0.15) is 57.2 Å². The average Bonchev–Trinajstić information content (AvgIpc) is 2.40. The number of nitrogens with one attached hydrogen (secondary N) is 1. The van der Waals surface area contributed by atoms with Gasteiger partial charge in [-0.3, -0.25) is 4.98 Å². The Hall–Kier alpha value is -0.960. The number of hydrogen-bond acceptors (Lipinski definition) is 2. The molecule has 2 nitrogen and oxygen atoms in total. The Morgan fingerprint density at radius 1 is 1.33 bits per heavy atom. The van der Waals surface area contributed by atoms with Crippen LogP contribution in [0.5, 0.6) is 0 Å². The number of pyridine rings is 1. The van der Waals surface area contributed by atoms with E-state index in [2.05, 4.69) is 17.2 Å². The van der Waals surface area contributed by atoms with Gasteiger partial charge < -0.3 is 5.32 Å². The smallest absolute Gasteiger partial charge is 0.141 e. The Morgan fingerprint density at radius 3 is 2.72 bits per heavy atom. The monoisotopic (exact) mass is 250 g/mol. The zero-order chi connectivity index (χ0) is 12.8. The molecule has 1 atom stereocenters. The summed E-state index contributed by atoms with van der Waals surface area (Å²) in [5, 5.41) is 3.48. The highest BCUT2D eigenvalue weighted by molar-refractivity contribution is 5.10. The maximum atomic E-state index is 12.9. The van der Waals surface area contributed by atoms with Crippen molar-refractivity contribution in [1.29, 1.82) is 0 Å². The predicted molar refractivity (Wildman–Crippen MR) is 71.8 cm³/mol. The molecule has 0 spiro atoms. The van der Waals surface area contributed by atoms with E-state index in [-0.39, 0.29) is 11.9 Å². The normalized spacial score (nSPS) is 18.8. The molecule has 1 saturated carbocycles. The highest BCUT2D eigenvalue weighted by Crippen LogP contribution is 2.31. The predicted octanol–water partition coefficient (Wildman–Crippen LogP) is 3.84. The van der Waals surface area contributed by atoms with Crippen LogP contribution in [0.3, 0.4) is 0 Å². The number of nitrogens with zero attached hydrogens (tertiary/aromatic N) is 1. The van der Waals surface area contributed by atoms with Crippen molar-refractivity contribution in [2.75, 3.05) is 6.54 Å². The van der Waals surface area contributed by atoms with Crippen molar-refractivity contribution in [3.63, 3.8) is 0 Å². The summed E-state index contributed by atoms with van der Waals surface area (Å²) >= 11 is 0. The fourth-order valence-corrected chi connectivity index (χ4v) is 2.90. The first-order valence-corrected chi connectivity index (χ1v) is 7.14. The maximum Gasteiger partial charge on any atom is 0.141 e. The summed E-state index contributed by atoms with van der Waals surface area (Å²) in [5.41, 5.74) is 0.976. The van der Waals surface area contributed by atoms with Crippen LogP contribution in [-0.2, 0) is 0 Å². The lowest BCUT2D eigenvalue weighted by Gasteiger charge is -2.26. The molecule has 1 aliphatic carbocycles. The van der Waals surface area contributed by atoms with Gasteiger partial charge in [0.25, 0.3) is 0 Å². The molecule has 0 radical (unpaired) electrons. The lowest BCUT2D eigenvalue weighted by Crippen LogP contribution is -2.25. The standard InChI is InChI=1S/C15H23FN2/c1-2-17-15(10-12-6-4-3-5-7-12)14-9-8-13(16)11-18-14/h8-9,11-12,15,17H,2-7,10H2,1H3. The molecule has 1 aliphatic rings. The minimum absolute atomic E-state index is 0.258. The van der Waals surface area contributed by atoms with Crippen LogP contribution in [-0.4, -0.2) is 11.5 Å². The third-order valence-corrected chi connectivity index (χ3v) is 3.85. The number of halogens is 1. The van der Waals surface area contributed by atoms with Crippen LogP contribution < -0.4 is 5.32 Å². The molecule has 100 valence electrons. The summed E-state index contributed by atoms with van der Waals surface area (Å²) in [5.74, 6) is 0.543. The molecule has 1 aromatic heterocycles.